The third-order valence-electron chi connectivity index (χ3n) is 7.42. The van der Waals surface area contributed by atoms with Gasteiger partial charge in [0.2, 0.25) is 5.91 Å². The number of nitrogens with zero attached hydrogens (tertiary/aromatic N) is 1. The van der Waals surface area contributed by atoms with Gasteiger partial charge in [-0.3, -0.25) is 4.79 Å². The van der Waals surface area contributed by atoms with Crippen LogP contribution in [0.5, 0.6) is 0 Å². The van der Waals surface area contributed by atoms with Gasteiger partial charge in [-0.2, -0.15) is 0 Å². The number of halogens is 1. The largest absolute Gasteiger partial charge is 0.301 e. The molecule has 0 radical (unpaired) electrons. The van der Waals surface area contributed by atoms with Gasteiger partial charge in [0.05, 0.1) is 16.6 Å². The van der Waals surface area contributed by atoms with E-state index < -0.39 is 16.3 Å². The van der Waals surface area contributed by atoms with Gasteiger partial charge in [-0.25, -0.2) is 0 Å². The summed E-state index contributed by atoms with van der Waals surface area (Å²) in [5.74, 6) is -0.0927. The molecule has 0 aromatic heterocycles. The first-order valence-electron chi connectivity index (χ1n) is 12.8. The minimum Gasteiger partial charge on any atom is -0.301 e. The summed E-state index contributed by atoms with van der Waals surface area (Å²) in [6.07, 6.45) is 2.17. The summed E-state index contributed by atoms with van der Waals surface area (Å²) in [5.41, 5.74) is 6.79. The van der Waals surface area contributed by atoms with Gasteiger partial charge >= 0.3 is 0 Å². The number of rotatable bonds is 5. The van der Waals surface area contributed by atoms with Gasteiger partial charge in [0, 0.05) is 5.56 Å². The molecule has 0 bridgehead atoms. The van der Waals surface area contributed by atoms with E-state index >= 15 is 0 Å². The molecule has 37 heavy (non-hydrogen) atoms. The summed E-state index contributed by atoms with van der Waals surface area (Å²) in [5, 5.41) is -0.615. The van der Waals surface area contributed by atoms with Crippen LogP contribution in [0, 0.1) is 0 Å². The normalized spacial score (nSPS) is 15.5. The SMILES string of the molecule is CC1=CC(C)(C)N(C(=O)[C@@H](C)Cl)c2ccc(C(c3ccccc3)(c3ccccc3)c3ccccc3)cc21. The predicted octanol–water partition coefficient (Wildman–Crippen LogP) is 8.23. The molecule has 4 aromatic carbocycles. The van der Waals surface area contributed by atoms with E-state index in [1.54, 1.807) is 6.92 Å². The highest BCUT2D eigenvalue weighted by Crippen LogP contribution is 2.48. The summed E-state index contributed by atoms with van der Waals surface area (Å²) >= 11 is 6.32. The molecule has 4 aromatic rings. The zero-order chi connectivity index (χ0) is 26.2. The van der Waals surface area contributed by atoms with Crippen molar-refractivity contribution in [3.8, 4) is 0 Å². The second kappa shape index (κ2) is 9.68. The minimum absolute atomic E-state index is 0.0927. The van der Waals surface area contributed by atoms with Crippen molar-refractivity contribution in [1.29, 1.82) is 0 Å². The van der Waals surface area contributed by atoms with Crippen LogP contribution in [0.2, 0.25) is 0 Å². The average molecular weight is 506 g/mol. The Hall–Kier alpha value is -3.62. The van der Waals surface area contributed by atoms with Crippen molar-refractivity contribution in [2.75, 3.05) is 4.90 Å². The van der Waals surface area contributed by atoms with Crippen molar-refractivity contribution >= 4 is 28.8 Å². The highest BCUT2D eigenvalue weighted by Gasteiger charge is 2.41. The Bertz CT molecular complexity index is 1340. The average Bonchev–Trinajstić information content (AvgIpc) is 2.90. The van der Waals surface area contributed by atoms with E-state index in [4.69, 9.17) is 11.6 Å². The van der Waals surface area contributed by atoms with Crippen LogP contribution in [0.3, 0.4) is 0 Å². The standard InChI is InChI=1S/C34H32ClNO/c1-24-23-33(3,4)36(32(37)25(2)35)31-21-20-29(22-30(24)31)34(26-14-8-5-9-15-26,27-16-10-6-11-17-27)28-18-12-7-13-19-28/h5-23,25H,1-4H3/t25-/m1/s1. The molecule has 0 saturated heterocycles. The van der Waals surface area contributed by atoms with Crippen molar-refractivity contribution in [1.82, 2.24) is 0 Å². The Labute approximate surface area is 225 Å². The lowest BCUT2D eigenvalue weighted by Crippen LogP contribution is -2.51. The lowest BCUT2D eigenvalue weighted by Gasteiger charge is -2.43. The summed E-state index contributed by atoms with van der Waals surface area (Å²) in [4.78, 5) is 15.1. The molecule has 0 N–H and O–H groups in total. The van der Waals surface area contributed by atoms with E-state index in [2.05, 4.69) is 136 Å². The number of carbonyl (C=O) groups excluding carboxylic acids is 1. The number of anilines is 1. The maximum absolute atomic E-state index is 13.3. The van der Waals surface area contributed by atoms with Crippen molar-refractivity contribution in [3.63, 3.8) is 0 Å². The molecule has 0 fully saturated rings. The summed E-state index contributed by atoms with van der Waals surface area (Å²) in [6, 6.07) is 38.6. The molecular formula is C34H32ClNO. The fourth-order valence-corrected chi connectivity index (χ4v) is 6.01. The molecule has 3 heteroatoms. The van der Waals surface area contributed by atoms with E-state index in [-0.39, 0.29) is 5.91 Å². The topological polar surface area (TPSA) is 20.3 Å². The van der Waals surface area contributed by atoms with Crippen molar-refractivity contribution in [3.05, 3.63) is 143 Å². The zero-order valence-electron chi connectivity index (χ0n) is 21.8. The van der Waals surface area contributed by atoms with Crippen LogP contribution in [-0.4, -0.2) is 16.8 Å². The van der Waals surface area contributed by atoms with Crippen molar-refractivity contribution < 1.29 is 4.79 Å². The minimum atomic E-state index is -0.615. The van der Waals surface area contributed by atoms with Gasteiger partial charge in [-0.15, -0.1) is 11.6 Å². The third-order valence-corrected chi connectivity index (χ3v) is 7.61. The first-order chi connectivity index (χ1) is 17.8. The van der Waals surface area contributed by atoms with E-state index in [0.717, 1.165) is 22.4 Å². The third kappa shape index (κ3) is 4.20. The van der Waals surface area contributed by atoms with E-state index in [1.165, 1.54) is 16.7 Å². The highest BCUT2D eigenvalue weighted by atomic mass is 35.5. The fourth-order valence-electron chi connectivity index (χ4n) is 5.91. The van der Waals surface area contributed by atoms with Crippen LogP contribution in [0.25, 0.3) is 5.57 Å². The second-order valence-corrected chi connectivity index (χ2v) is 11.0. The van der Waals surface area contributed by atoms with Gasteiger partial charge in [0.25, 0.3) is 0 Å². The maximum Gasteiger partial charge on any atom is 0.245 e. The van der Waals surface area contributed by atoms with Crippen LogP contribution in [0.15, 0.2) is 115 Å². The van der Waals surface area contributed by atoms with Crippen LogP contribution in [-0.2, 0) is 10.2 Å². The molecule has 1 amide bonds. The molecule has 1 atom stereocenters. The number of fused-ring (bicyclic) bond motifs is 1. The monoisotopic (exact) mass is 505 g/mol. The van der Waals surface area contributed by atoms with Gasteiger partial charge in [0.15, 0.2) is 0 Å². The Morgan fingerprint density at radius 1 is 0.757 bits per heavy atom. The maximum atomic E-state index is 13.3. The van der Waals surface area contributed by atoms with Gasteiger partial charge in [-0.05, 0) is 67.7 Å². The fraction of sp³-hybridized carbons (Fsp3) is 0.206. The number of benzene rings is 4. The molecule has 5 rings (SSSR count). The Balaban J connectivity index is 1.84. The molecule has 1 aliphatic heterocycles. The lowest BCUT2D eigenvalue weighted by atomic mass is 9.64. The predicted molar refractivity (Wildman–Crippen MR) is 155 cm³/mol. The number of hydrogen-bond donors (Lipinski definition) is 0. The highest BCUT2D eigenvalue weighted by molar-refractivity contribution is 6.33. The number of hydrogen-bond acceptors (Lipinski definition) is 1. The molecule has 2 nitrogen and oxygen atoms in total. The quantitative estimate of drug-likeness (QED) is 0.197. The Morgan fingerprint density at radius 3 is 1.65 bits per heavy atom. The van der Waals surface area contributed by atoms with Gasteiger partial charge < -0.3 is 4.90 Å². The van der Waals surface area contributed by atoms with E-state index in [0.29, 0.717) is 0 Å². The molecular weight excluding hydrogens is 474 g/mol. The first-order valence-corrected chi connectivity index (χ1v) is 13.2. The summed E-state index contributed by atoms with van der Waals surface area (Å²) in [7, 11) is 0. The van der Waals surface area contributed by atoms with E-state index in [9.17, 15) is 4.79 Å². The number of allylic oxidation sites excluding steroid dienone is 1. The van der Waals surface area contributed by atoms with Crippen molar-refractivity contribution in [2.45, 2.75) is 44.0 Å². The summed E-state index contributed by atoms with van der Waals surface area (Å²) < 4.78 is 0. The zero-order valence-corrected chi connectivity index (χ0v) is 22.5. The molecule has 0 spiro atoms. The smallest absolute Gasteiger partial charge is 0.245 e. The van der Waals surface area contributed by atoms with Crippen molar-refractivity contribution in [2.24, 2.45) is 0 Å². The number of amides is 1. The van der Waals surface area contributed by atoms with E-state index in [1.807, 2.05) is 4.90 Å². The molecule has 0 unspecified atom stereocenters. The lowest BCUT2D eigenvalue weighted by molar-refractivity contribution is -0.118. The molecule has 0 saturated carbocycles. The van der Waals surface area contributed by atoms with Crippen LogP contribution in [0.1, 0.15) is 55.5 Å². The van der Waals surface area contributed by atoms with Crippen LogP contribution in [0.4, 0.5) is 5.69 Å². The Kier molecular flexibility index (Phi) is 6.56. The number of carbonyl (C=O) groups is 1. The second-order valence-electron chi connectivity index (χ2n) is 10.4. The molecule has 1 heterocycles. The molecule has 186 valence electrons. The first kappa shape index (κ1) is 25.0. The summed E-state index contributed by atoms with van der Waals surface area (Å²) in [6.45, 7) is 8.00. The number of alkyl halides is 1. The van der Waals surface area contributed by atoms with Gasteiger partial charge in [0.1, 0.15) is 5.38 Å². The Morgan fingerprint density at radius 2 is 1.22 bits per heavy atom. The molecule has 1 aliphatic rings. The molecule has 0 aliphatic carbocycles. The van der Waals surface area contributed by atoms with Crippen LogP contribution < -0.4 is 4.90 Å². The van der Waals surface area contributed by atoms with Gasteiger partial charge in [-0.1, -0.05) is 103 Å². The van der Waals surface area contributed by atoms with Crippen LogP contribution >= 0.6 is 11.6 Å².